The molecule has 2 amide bonds. The van der Waals surface area contributed by atoms with E-state index in [1.165, 1.54) is 0 Å². The number of aliphatic hydroxyl groups excluding tert-OH is 3. The van der Waals surface area contributed by atoms with Crippen molar-refractivity contribution in [2.45, 2.75) is 102 Å². The molecule has 3 aliphatic rings. The first-order valence-electron chi connectivity index (χ1n) is 22.0. The van der Waals surface area contributed by atoms with Gasteiger partial charge in [-0.05, 0) is 94.0 Å². The third kappa shape index (κ3) is 12.5. The van der Waals surface area contributed by atoms with Gasteiger partial charge >= 0.3 is 12.2 Å². The molecule has 0 spiro atoms. The third-order valence-electron chi connectivity index (χ3n) is 11.4. The van der Waals surface area contributed by atoms with Crippen molar-refractivity contribution in [1.29, 1.82) is 0 Å². The number of fused-ring (bicyclic) bond motifs is 2. The minimum atomic E-state index is -1.53. The van der Waals surface area contributed by atoms with Crippen molar-refractivity contribution >= 4 is 17.9 Å². The van der Waals surface area contributed by atoms with Crippen LogP contribution in [0.1, 0.15) is 89.2 Å². The van der Waals surface area contributed by atoms with Crippen molar-refractivity contribution < 1.29 is 53.4 Å². The van der Waals surface area contributed by atoms with Crippen LogP contribution in [0, 0.1) is 17.8 Å². The lowest BCUT2D eigenvalue weighted by Gasteiger charge is -2.59. The van der Waals surface area contributed by atoms with Crippen molar-refractivity contribution in [2.24, 2.45) is 22.9 Å². The lowest BCUT2D eigenvalue weighted by atomic mass is 9.55. The second kappa shape index (κ2) is 23.6. The molecule has 2 aromatic rings. The fourth-order valence-corrected chi connectivity index (χ4v) is 8.83. The lowest BCUT2D eigenvalue weighted by molar-refractivity contribution is -0.256. The monoisotopic (exact) mass is 861 g/mol. The normalized spacial score (nSPS) is 23.2. The molecule has 4 N–H and O–H groups in total. The molecule has 62 heavy (non-hydrogen) atoms. The van der Waals surface area contributed by atoms with Crippen molar-refractivity contribution in [1.82, 2.24) is 10.2 Å². The van der Waals surface area contributed by atoms with Crippen LogP contribution in [0.25, 0.3) is 0 Å². The number of allylic oxidation sites excluding steroid dienone is 1. The number of benzene rings is 2. The number of carbonyl (C=O) groups is 2. The van der Waals surface area contributed by atoms with Crippen LogP contribution in [0.4, 0.5) is 9.59 Å². The first kappa shape index (κ1) is 48.3. The molecule has 1 saturated carbocycles. The molecule has 340 valence electrons. The van der Waals surface area contributed by atoms with Gasteiger partial charge in [0.15, 0.2) is 0 Å². The van der Waals surface area contributed by atoms with Crippen LogP contribution in [0.2, 0.25) is 0 Å². The molecule has 5 rings (SSSR count). The largest absolute Gasteiger partial charge is 0.459 e. The fraction of sp³-hybridized carbons (Fsp3) is 0.562. The van der Waals surface area contributed by atoms with E-state index in [0.29, 0.717) is 36.5 Å². The number of carbonyl (C=O) groups excluding carboxylic acids is 2. The summed E-state index contributed by atoms with van der Waals surface area (Å²) in [5.41, 5.74) is 2.57. The zero-order chi connectivity index (χ0) is 44.5. The molecule has 0 aromatic heterocycles. The van der Waals surface area contributed by atoms with Crippen LogP contribution in [0.15, 0.2) is 90.6 Å². The second-order valence-corrected chi connectivity index (χ2v) is 16.9. The Hall–Kier alpha value is -4.73. The van der Waals surface area contributed by atoms with Crippen molar-refractivity contribution in [3.05, 3.63) is 96.6 Å². The van der Waals surface area contributed by atoms with Crippen LogP contribution >= 0.6 is 0 Å². The standard InChI is InChI=1S/C48H67N3O11/c1-6-8-27-58-46(56)51(22-28-57-29-25-54)42-32-40(50-62-47(3,4)5)38-30-35(18-12-14-23-52)37(19-13-15-24-53)43-39-31-36(60-45(55)49-33-34-16-10-9-11-17-34)20-21-41(39)61-48(42,44(38)43)59-26-7-2/h6-7,9-11,16-17,20-21,30-31,35,37,42-44,52-54H,1-2,8,12-15,18-19,22-29,32-33H2,3-5H3,(H,49,55)/t35-,37+,42-,43+,44+,48+/m0/s1. The van der Waals surface area contributed by atoms with Crippen LogP contribution < -0.4 is 14.8 Å². The number of nitrogens with one attached hydrogen (secondary N) is 1. The second-order valence-electron chi connectivity index (χ2n) is 16.9. The predicted molar refractivity (Wildman–Crippen MR) is 236 cm³/mol. The van der Waals surface area contributed by atoms with E-state index < -0.39 is 35.5 Å². The quantitative estimate of drug-likeness (QED) is 0.0469. The molecule has 14 heteroatoms. The maximum Gasteiger partial charge on any atom is 0.412 e. The van der Waals surface area contributed by atoms with E-state index in [2.05, 4.69) is 24.6 Å². The number of aliphatic hydroxyl groups is 3. The highest BCUT2D eigenvalue weighted by Gasteiger charge is 2.65. The summed E-state index contributed by atoms with van der Waals surface area (Å²) in [6.45, 7) is 14.2. The highest BCUT2D eigenvalue weighted by Crippen LogP contribution is 2.62. The highest BCUT2D eigenvalue weighted by atomic mass is 16.7. The summed E-state index contributed by atoms with van der Waals surface area (Å²) in [6.07, 6.45) is 9.22. The van der Waals surface area contributed by atoms with E-state index in [4.69, 9.17) is 33.7 Å². The van der Waals surface area contributed by atoms with Crippen molar-refractivity contribution in [2.75, 3.05) is 52.8 Å². The average Bonchev–Trinajstić information content (AvgIpc) is 3.26. The Morgan fingerprint density at radius 2 is 1.73 bits per heavy atom. The van der Waals surface area contributed by atoms with Gasteiger partial charge in [0, 0.05) is 44.2 Å². The topological polar surface area (TPSA) is 178 Å². The molecule has 6 atom stereocenters. The molecule has 1 fully saturated rings. The number of rotatable bonds is 24. The maximum absolute atomic E-state index is 14.4. The van der Waals surface area contributed by atoms with Gasteiger partial charge in [-0.3, -0.25) is 4.90 Å². The molecule has 14 nitrogen and oxygen atoms in total. The molecule has 1 aliphatic heterocycles. The summed E-state index contributed by atoms with van der Waals surface area (Å²) in [5.74, 6) is -1.69. The molecule has 0 radical (unpaired) electrons. The number of hydrogen-bond donors (Lipinski definition) is 4. The molecule has 2 aliphatic carbocycles. The van der Waals surface area contributed by atoms with Crippen LogP contribution in [0.5, 0.6) is 11.5 Å². The lowest BCUT2D eigenvalue weighted by Crippen LogP contribution is -2.70. The molecule has 1 heterocycles. The summed E-state index contributed by atoms with van der Waals surface area (Å²) in [5, 5.41) is 37.0. The summed E-state index contributed by atoms with van der Waals surface area (Å²) in [7, 11) is 0. The summed E-state index contributed by atoms with van der Waals surface area (Å²) in [6, 6.07) is 14.1. The Labute approximate surface area is 366 Å². The molecule has 0 bridgehead atoms. The Kier molecular flexibility index (Phi) is 18.4. The first-order chi connectivity index (χ1) is 30.0. The average molecular weight is 862 g/mol. The Morgan fingerprint density at radius 1 is 0.968 bits per heavy atom. The van der Waals surface area contributed by atoms with E-state index in [-0.39, 0.29) is 83.5 Å². The zero-order valence-corrected chi connectivity index (χ0v) is 36.7. The smallest absolute Gasteiger partial charge is 0.412 e. The Bertz CT molecular complexity index is 1830. The van der Waals surface area contributed by atoms with Gasteiger partial charge in [0.05, 0.1) is 44.7 Å². The molecular weight excluding hydrogens is 795 g/mol. The molecule has 0 saturated heterocycles. The summed E-state index contributed by atoms with van der Waals surface area (Å²) in [4.78, 5) is 35.4. The van der Waals surface area contributed by atoms with Crippen molar-refractivity contribution in [3.8, 4) is 11.5 Å². The highest BCUT2D eigenvalue weighted by molar-refractivity contribution is 6.03. The van der Waals surface area contributed by atoms with Gasteiger partial charge < -0.3 is 49.2 Å². The number of oxime groups is 1. The molecule has 0 unspecified atom stereocenters. The van der Waals surface area contributed by atoms with Crippen LogP contribution in [0.3, 0.4) is 0 Å². The maximum atomic E-state index is 14.4. The number of unbranched alkanes of at least 4 members (excludes halogenated alkanes) is 2. The minimum absolute atomic E-state index is 0.00142. The van der Waals surface area contributed by atoms with E-state index in [0.717, 1.165) is 42.4 Å². The van der Waals surface area contributed by atoms with Gasteiger partial charge in [0.1, 0.15) is 23.1 Å². The number of amides is 2. The van der Waals surface area contributed by atoms with Gasteiger partial charge in [0.25, 0.3) is 0 Å². The summed E-state index contributed by atoms with van der Waals surface area (Å²) >= 11 is 0. The summed E-state index contributed by atoms with van der Waals surface area (Å²) < 4.78 is 31.8. The van der Waals surface area contributed by atoms with E-state index in [1.807, 2.05) is 57.2 Å². The third-order valence-corrected chi connectivity index (χ3v) is 11.4. The van der Waals surface area contributed by atoms with Crippen LogP contribution in [-0.2, 0) is 25.6 Å². The Balaban J connectivity index is 1.72. The van der Waals surface area contributed by atoms with Crippen LogP contribution in [-0.4, -0.2) is 108 Å². The molecule has 2 aromatic carbocycles. The van der Waals surface area contributed by atoms with E-state index in [9.17, 15) is 24.9 Å². The Morgan fingerprint density at radius 3 is 2.42 bits per heavy atom. The number of nitrogens with zero attached hydrogens (tertiary/aromatic N) is 2. The fourth-order valence-electron chi connectivity index (χ4n) is 8.83. The van der Waals surface area contributed by atoms with Crippen molar-refractivity contribution in [3.63, 3.8) is 0 Å². The zero-order valence-electron chi connectivity index (χ0n) is 36.7. The van der Waals surface area contributed by atoms with Gasteiger partial charge in [-0.2, -0.15) is 0 Å². The van der Waals surface area contributed by atoms with Gasteiger partial charge in [-0.25, -0.2) is 9.59 Å². The predicted octanol–water partition coefficient (Wildman–Crippen LogP) is 7.43. The molecular formula is C48H67N3O11. The first-order valence-corrected chi connectivity index (χ1v) is 22.0. The number of hydrogen-bond acceptors (Lipinski definition) is 12. The van der Waals surface area contributed by atoms with Gasteiger partial charge in [0.2, 0.25) is 5.79 Å². The number of ether oxygens (including phenoxy) is 5. The SMILES string of the molecule is C=CCCOC(=O)N(CCOCCO)[C@H]1CC(=NOC(C)(C)C)C2=C[C@H](CCCCO)[C@@H](CCCCO)[C@@H]3c4cc(OC(=O)NCc5ccccc5)ccc4O[C@@]1(OCC=C)[C@H]23. The van der Waals surface area contributed by atoms with E-state index >= 15 is 0 Å². The van der Waals surface area contributed by atoms with Gasteiger partial charge in [-0.15, -0.1) is 13.2 Å². The van der Waals surface area contributed by atoms with Gasteiger partial charge in [-0.1, -0.05) is 66.6 Å². The van der Waals surface area contributed by atoms with E-state index in [1.54, 1.807) is 29.2 Å². The minimum Gasteiger partial charge on any atom is -0.459 e.